The molecule has 2 rings (SSSR count). The van der Waals surface area contributed by atoms with Crippen LogP contribution in [0.4, 0.5) is 0 Å². The first-order valence-corrected chi connectivity index (χ1v) is 8.65. The lowest BCUT2D eigenvalue weighted by Crippen LogP contribution is -2.41. The number of carboxylic acid groups (broad SMARTS) is 1. The third-order valence-corrected chi connectivity index (χ3v) is 6.85. The molecule has 1 atom stereocenters. The molecule has 1 unspecified atom stereocenters. The maximum Gasteiger partial charge on any atom is 0.311 e. The first-order valence-electron chi connectivity index (χ1n) is 6.41. The van der Waals surface area contributed by atoms with E-state index in [0.717, 1.165) is 4.68 Å². The van der Waals surface area contributed by atoms with Crippen LogP contribution in [-0.2, 0) is 21.9 Å². The molecule has 1 aromatic rings. The molecule has 0 aromatic carbocycles. The molecule has 0 bridgehead atoms. The zero-order valence-corrected chi connectivity index (χ0v) is 14.3. The van der Waals surface area contributed by atoms with Gasteiger partial charge < -0.3 is 5.11 Å². The molecule has 21 heavy (non-hydrogen) atoms. The Morgan fingerprint density at radius 1 is 1.48 bits per heavy atom. The Bertz CT molecular complexity index is 652. The van der Waals surface area contributed by atoms with Crippen LogP contribution in [0.5, 0.6) is 0 Å². The summed E-state index contributed by atoms with van der Waals surface area (Å²) in [5.41, 5.74) is -1.05. The number of halogens is 1. The van der Waals surface area contributed by atoms with Crippen molar-refractivity contribution in [2.45, 2.75) is 25.3 Å². The van der Waals surface area contributed by atoms with E-state index in [0.29, 0.717) is 6.42 Å². The Balaban J connectivity index is 2.39. The predicted octanol–water partition coefficient (Wildman–Crippen LogP) is 0.699. The molecule has 10 heteroatoms. The zero-order chi connectivity index (χ0) is 16.0. The van der Waals surface area contributed by atoms with Gasteiger partial charge in [0, 0.05) is 20.1 Å². The number of hydrogen-bond acceptors (Lipinski definition) is 5. The monoisotopic (exact) mass is 380 g/mol. The molecule has 1 aliphatic heterocycles. The normalized spacial score (nSPS) is 23.9. The SMILES string of the molecule is CC(C)C1(C(=O)O)CCN(S(=O)(=O)c2c(Br)nnn2C)C1. The quantitative estimate of drug-likeness (QED) is 0.823. The first-order chi connectivity index (χ1) is 9.63. The number of aliphatic carboxylic acids is 1. The van der Waals surface area contributed by atoms with Gasteiger partial charge in [0.2, 0.25) is 5.03 Å². The van der Waals surface area contributed by atoms with Crippen LogP contribution in [-0.4, -0.2) is 51.9 Å². The number of hydrogen-bond donors (Lipinski definition) is 1. The second-order valence-corrected chi connectivity index (χ2v) is 8.12. The molecule has 8 nitrogen and oxygen atoms in total. The van der Waals surface area contributed by atoms with E-state index in [1.807, 2.05) is 0 Å². The van der Waals surface area contributed by atoms with E-state index in [9.17, 15) is 18.3 Å². The van der Waals surface area contributed by atoms with E-state index < -0.39 is 21.4 Å². The van der Waals surface area contributed by atoms with Crippen molar-refractivity contribution in [2.24, 2.45) is 18.4 Å². The van der Waals surface area contributed by atoms with Crippen molar-refractivity contribution in [3.8, 4) is 0 Å². The Morgan fingerprint density at radius 3 is 2.48 bits per heavy atom. The van der Waals surface area contributed by atoms with Crippen LogP contribution in [0.1, 0.15) is 20.3 Å². The summed E-state index contributed by atoms with van der Waals surface area (Å²) in [6.07, 6.45) is 0.294. The number of nitrogens with zero attached hydrogens (tertiary/aromatic N) is 4. The molecule has 0 radical (unpaired) electrons. The van der Waals surface area contributed by atoms with Crippen LogP contribution in [0.2, 0.25) is 0 Å². The third kappa shape index (κ3) is 2.49. The van der Waals surface area contributed by atoms with Gasteiger partial charge in [-0.05, 0) is 28.3 Å². The van der Waals surface area contributed by atoms with Crippen molar-refractivity contribution >= 4 is 31.9 Å². The fourth-order valence-electron chi connectivity index (χ4n) is 2.61. The molecule has 1 saturated heterocycles. The average Bonchev–Trinajstić information content (AvgIpc) is 2.94. The molecule has 0 spiro atoms. The van der Waals surface area contributed by atoms with Gasteiger partial charge in [0.15, 0.2) is 4.60 Å². The largest absolute Gasteiger partial charge is 0.481 e. The molecule has 1 aliphatic rings. The summed E-state index contributed by atoms with van der Waals surface area (Å²) in [5.74, 6) is -1.12. The van der Waals surface area contributed by atoms with Crippen molar-refractivity contribution in [3.63, 3.8) is 0 Å². The van der Waals surface area contributed by atoms with Gasteiger partial charge in [0.25, 0.3) is 10.0 Å². The molecule has 2 heterocycles. The Morgan fingerprint density at radius 2 is 2.10 bits per heavy atom. The molecule has 1 N–H and O–H groups in total. The third-order valence-electron chi connectivity index (χ3n) is 4.12. The number of carboxylic acids is 1. The summed E-state index contributed by atoms with van der Waals surface area (Å²) < 4.78 is 27.8. The predicted molar refractivity (Wildman–Crippen MR) is 77.0 cm³/mol. The second kappa shape index (κ2) is 5.33. The molecular weight excluding hydrogens is 364 g/mol. The van der Waals surface area contributed by atoms with Crippen LogP contribution >= 0.6 is 15.9 Å². The van der Waals surface area contributed by atoms with Crippen molar-refractivity contribution < 1.29 is 18.3 Å². The van der Waals surface area contributed by atoms with Crippen molar-refractivity contribution in [2.75, 3.05) is 13.1 Å². The molecule has 1 fully saturated rings. The molecular formula is C11H17BrN4O4S. The van der Waals surface area contributed by atoms with Crippen LogP contribution in [0.15, 0.2) is 9.63 Å². The van der Waals surface area contributed by atoms with Crippen LogP contribution < -0.4 is 0 Å². The summed E-state index contributed by atoms with van der Waals surface area (Å²) in [7, 11) is -2.35. The summed E-state index contributed by atoms with van der Waals surface area (Å²) in [6, 6.07) is 0. The summed E-state index contributed by atoms with van der Waals surface area (Å²) >= 11 is 3.07. The van der Waals surface area contributed by atoms with E-state index in [1.165, 1.54) is 11.4 Å². The highest BCUT2D eigenvalue weighted by Crippen LogP contribution is 2.40. The Hall–Kier alpha value is -1.00. The van der Waals surface area contributed by atoms with Crippen LogP contribution in [0.3, 0.4) is 0 Å². The van der Waals surface area contributed by atoms with Gasteiger partial charge in [0.05, 0.1) is 5.41 Å². The van der Waals surface area contributed by atoms with Crippen molar-refractivity contribution in [3.05, 3.63) is 4.60 Å². The number of carbonyl (C=O) groups is 1. The van der Waals surface area contributed by atoms with E-state index in [2.05, 4.69) is 26.2 Å². The number of rotatable bonds is 4. The fraction of sp³-hybridized carbons (Fsp3) is 0.727. The Kier molecular flexibility index (Phi) is 4.15. The number of aromatic nitrogens is 3. The van der Waals surface area contributed by atoms with E-state index in [1.54, 1.807) is 13.8 Å². The minimum atomic E-state index is -3.83. The highest BCUT2D eigenvalue weighted by atomic mass is 79.9. The topological polar surface area (TPSA) is 105 Å². The molecule has 0 aliphatic carbocycles. The van der Waals surface area contributed by atoms with E-state index in [4.69, 9.17) is 0 Å². The van der Waals surface area contributed by atoms with Gasteiger partial charge in [-0.25, -0.2) is 13.1 Å². The lowest BCUT2D eigenvalue weighted by molar-refractivity contribution is -0.150. The van der Waals surface area contributed by atoms with Crippen LogP contribution in [0.25, 0.3) is 0 Å². The van der Waals surface area contributed by atoms with Gasteiger partial charge >= 0.3 is 5.97 Å². The molecule has 118 valence electrons. The maximum atomic E-state index is 12.7. The van der Waals surface area contributed by atoms with Crippen LogP contribution in [0, 0.1) is 11.3 Å². The van der Waals surface area contributed by atoms with Gasteiger partial charge in [-0.3, -0.25) is 4.79 Å². The highest BCUT2D eigenvalue weighted by molar-refractivity contribution is 9.10. The summed E-state index contributed by atoms with van der Waals surface area (Å²) in [6.45, 7) is 3.72. The standard InChI is InChI=1S/C11H17BrN4O4S/c1-7(2)11(10(17)18)4-5-16(6-11)21(19,20)9-8(12)13-14-15(9)3/h7H,4-6H2,1-3H3,(H,17,18). The average molecular weight is 381 g/mol. The lowest BCUT2D eigenvalue weighted by Gasteiger charge is -2.28. The van der Waals surface area contributed by atoms with Gasteiger partial charge in [-0.1, -0.05) is 19.1 Å². The maximum absolute atomic E-state index is 12.7. The lowest BCUT2D eigenvalue weighted by atomic mass is 9.77. The molecule has 0 saturated carbocycles. The highest BCUT2D eigenvalue weighted by Gasteiger charge is 2.51. The molecule has 0 amide bonds. The number of sulfonamides is 1. The van der Waals surface area contributed by atoms with Gasteiger partial charge in [-0.15, -0.1) is 5.10 Å². The zero-order valence-electron chi connectivity index (χ0n) is 11.9. The first kappa shape index (κ1) is 16.4. The minimum Gasteiger partial charge on any atom is -0.481 e. The van der Waals surface area contributed by atoms with Crippen molar-refractivity contribution in [1.29, 1.82) is 0 Å². The van der Waals surface area contributed by atoms with Gasteiger partial charge in [-0.2, -0.15) is 4.31 Å². The van der Waals surface area contributed by atoms with Crippen molar-refractivity contribution in [1.82, 2.24) is 19.3 Å². The summed E-state index contributed by atoms with van der Waals surface area (Å²) in [5, 5.41) is 16.8. The second-order valence-electron chi connectivity index (χ2n) is 5.51. The minimum absolute atomic E-state index is 0.0417. The fourth-order valence-corrected chi connectivity index (χ4v) is 5.16. The number of aryl methyl sites for hydroxylation is 1. The molecule has 1 aromatic heterocycles. The smallest absolute Gasteiger partial charge is 0.311 e. The van der Waals surface area contributed by atoms with E-state index in [-0.39, 0.29) is 28.6 Å². The van der Waals surface area contributed by atoms with E-state index >= 15 is 0 Å². The Labute approximate surface area is 131 Å². The van der Waals surface area contributed by atoms with Gasteiger partial charge in [0.1, 0.15) is 0 Å². The summed E-state index contributed by atoms with van der Waals surface area (Å²) in [4.78, 5) is 11.6.